The van der Waals surface area contributed by atoms with E-state index in [1.807, 2.05) is 6.07 Å². The summed E-state index contributed by atoms with van der Waals surface area (Å²) in [5, 5.41) is 13.5. The second kappa shape index (κ2) is 10.1. The minimum Gasteiger partial charge on any atom is -0.444 e. The number of alkyl halides is 2. The minimum absolute atomic E-state index is 0.00000895. The van der Waals surface area contributed by atoms with Gasteiger partial charge in [-0.2, -0.15) is 5.26 Å². The third-order valence-corrected chi connectivity index (χ3v) is 4.72. The number of hydrogen-bond acceptors (Lipinski definition) is 7. The predicted molar refractivity (Wildman–Crippen MR) is 119 cm³/mol. The van der Waals surface area contributed by atoms with Crippen LogP contribution in [0.15, 0.2) is 41.5 Å². The van der Waals surface area contributed by atoms with Gasteiger partial charge in [-0.3, -0.25) is 10.1 Å². The minimum atomic E-state index is -3.22. The number of benzene rings is 1. The number of amides is 2. The van der Waals surface area contributed by atoms with Gasteiger partial charge in [0, 0.05) is 17.4 Å². The summed E-state index contributed by atoms with van der Waals surface area (Å²) in [6.07, 6.45) is -2.95. The monoisotopic (exact) mass is 489 g/mol. The fourth-order valence-electron chi connectivity index (χ4n) is 3.19. The summed E-state index contributed by atoms with van der Waals surface area (Å²) in [5.74, 6) is -1.97. The number of halogens is 3. The molecule has 1 aliphatic rings. The number of nitrogens with one attached hydrogen (secondary N) is 2. The number of aromatic nitrogens is 1. The van der Waals surface area contributed by atoms with Gasteiger partial charge in [0.25, 0.3) is 12.3 Å². The molecule has 1 aromatic carbocycles. The smallest absolute Gasteiger partial charge is 0.413 e. The number of pyridine rings is 1. The number of nitrogens with zero attached hydrogens (tertiary/aromatic N) is 3. The third-order valence-electron chi connectivity index (χ3n) is 4.72. The number of carbonyl (C=O) groups excluding carboxylic acids is 2. The van der Waals surface area contributed by atoms with Crippen LogP contribution in [-0.2, 0) is 15.0 Å². The van der Waals surface area contributed by atoms with Gasteiger partial charge in [0.05, 0.1) is 12.2 Å². The molecule has 1 unspecified atom stereocenters. The highest BCUT2D eigenvalue weighted by Gasteiger charge is 2.47. The summed E-state index contributed by atoms with van der Waals surface area (Å²) in [6.45, 7) is 3.90. The molecule has 1 atom stereocenters. The largest absolute Gasteiger partial charge is 0.444 e. The van der Waals surface area contributed by atoms with Crippen LogP contribution in [0.2, 0.25) is 0 Å². The molecule has 1 aromatic heterocycles. The van der Waals surface area contributed by atoms with E-state index < -0.39 is 47.6 Å². The first-order chi connectivity index (χ1) is 16.4. The molecule has 0 fully saturated rings. The molecule has 2 N–H and O–H groups in total. The van der Waals surface area contributed by atoms with Gasteiger partial charge in [0.15, 0.2) is 5.54 Å². The molecule has 0 radical (unpaired) electrons. The van der Waals surface area contributed by atoms with E-state index in [4.69, 9.17) is 14.7 Å². The molecule has 0 saturated carbocycles. The third kappa shape index (κ3) is 6.13. The SMILES string of the molecule is CC(C)(C)OC(=O)NC1=NC(c2cc(NC(=O)c3ccc(C#N)cn3)ccc2F)(C(F)F)COC1. The quantitative estimate of drug-likeness (QED) is 0.674. The van der Waals surface area contributed by atoms with Crippen LogP contribution in [0.25, 0.3) is 0 Å². The van der Waals surface area contributed by atoms with Gasteiger partial charge in [-0.05, 0) is 51.1 Å². The Hall–Kier alpha value is -3.98. The summed E-state index contributed by atoms with van der Waals surface area (Å²) in [7, 11) is 0. The van der Waals surface area contributed by atoms with E-state index in [1.54, 1.807) is 20.8 Å². The maximum Gasteiger partial charge on any atom is 0.413 e. The van der Waals surface area contributed by atoms with Gasteiger partial charge in [-0.1, -0.05) is 0 Å². The summed E-state index contributed by atoms with van der Waals surface area (Å²) < 4.78 is 53.8. The number of nitriles is 1. The van der Waals surface area contributed by atoms with Gasteiger partial charge in [-0.25, -0.2) is 27.9 Å². The van der Waals surface area contributed by atoms with E-state index in [0.717, 1.165) is 12.1 Å². The Morgan fingerprint density at radius 3 is 2.57 bits per heavy atom. The number of hydrogen-bond donors (Lipinski definition) is 2. The van der Waals surface area contributed by atoms with Crippen LogP contribution in [0.4, 0.5) is 23.7 Å². The number of alkyl carbamates (subject to hydrolysis) is 1. The Bertz CT molecular complexity index is 1190. The van der Waals surface area contributed by atoms with E-state index in [-0.39, 0.29) is 29.4 Å². The Morgan fingerprint density at radius 1 is 1.23 bits per heavy atom. The van der Waals surface area contributed by atoms with Crippen molar-refractivity contribution in [1.82, 2.24) is 10.3 Å². The van der Waals surface area contributed by atoms with Gasteiger partial charge < -0.3 is 14.8 Å². The molecule has 2 amide bonds. The van der Waals surface area contributed by atoms with Crippen molar-refractivity contribution in [2.45, 2.75) is 38.3 Å². The fourth-order valence-corrected chi connectivity index (χ4v) is 3.19. The lowest BCUT2D eigenvalue weighted by Crippen LogP contribution is -2.48. The highest BCUT2D eigenvalue weighted by Crippen LogP contribution is 2.38. The maximum atomic E-state index is 14.8. The van der Waals surface area contributed by atoms with Gasteiger partial charge in [0.2, 0.25) is 0 Å². The molecule has 35 heavy (non-hydrogen) atoms. The fraction of sp³-hybridized carbons (Fsp3) is 0.348. The standard InChI is InChI=1S/C23H22F3N5O4/c1-22(2,3)35-21(33)30-18-11-34-12-23(31-18,20(25)26)15-8-14(5-6-16(15)24)29-19(32)17-7-4-13(9-27)10-28-17/h4-8,10,20H,11-12H2,1-3H3,(H,29,32)(H,30,31,33). The van der Waals surface area contributed by atoms with E-state index in [1.165, 1.54) is 24.4 Å². The topological polar surface area (TPSA) is 126 Å². The van der Waals surface area contributed by atoms with Crippen molar-refractivity contribution < 1.29 is 32.2 Å². The summed E-state index contributed by atoms with van der Waals surface area (Å²) >= 11 is 0. The van der Waals surface area contributed by atoms with E-state index in [9.17, 15) is 22.8 Å². The van der Waals surface area contributed by atoms with Crippen molar-refractivity contribution in [2.75, 3.05) is 18.5 Å². The zero-order valence-electron chi connectivity index (χ0n) is 19.1. The molecule has 9 nitrogen and oxygen atoms in total. The van der Waals surface area contributed by atoms with Crippen molar-refractivity contribution in [3.05, 3.63) is 59.2 Å². The molecule has 12 heteroatoms. The second-order valence-electron chi connectivity index (χ2n) is 8.60. The van der Waals surface area contributed by atoms with Crippen LogP contribution < -0.4 is 10.6 Å². The molecule has 3 rings (SSSR count). The Kier molecular flexibility index (Phi) is 7.40. The van der Waals surface area contributed by atoms with Crippen molar-refractivity contribution in [3.63, 3.8) is 0 Å². The molecule has 0 aliphatic carbocycles. The van der Waals surface area contributed by atoms with E-state index in [2.05, 4.69) is 20.6 Å². The van der Waals surface area contributed by atoms with Crippen LogP contribution >= 0.6 is 0 Å². The van der Waals surface area contributed by atoms with Crippen LogP contribution in [0, 0.1) is 17.1 Å². The normalized spacial score (nSPS) is 17.8. The van der Waals surface area contributed by atoms with Crippen molar-refractivity contribution in [1.29, 1.82) is 5.26 Å². The first-order valence-electron chi connectivity index (χ1n) is 10.4. The zero-order valence-corrected chi connectivity index (χ0v) is 19.1. The van der Waals surface area contributed by atoms with Crippen LogP contribution in [-0.4, -0.2) is 48.1 Å². The first kappa shape index (κ1) is 25.6. The van der Waals surface area contributed by atoms with Gasteiger partial charge >= 0.3 is 6.09 Å². The van der Waals surface area contributed by atoms with Crippen molar-refractivity contribution in [2.24, 2.45) is 4.99 Å². The molecule has 0 bridgehead atoms. The van der Waals surface area contributed by atoms with Crippen LogP contribution in [0.3, 0.4) is 0 Å². The number of rotatable bonds is 4. The highest BCUT2D eigenvalue weighted by molar-refractivity contribution is 6.03. The number of amidine groups is 1. The van der Waals surface area contributed by atoms with Crippen LogP contribution in [0.1, 0.15) is 42.4 Å². The highest BCUT2D eigenvalue weighted by atomic mass is 19.3. The lowest BCUT2D eigenvalue weighted by molar-refractivity contribution is -0.0156. The van der Waals surface area contributed by atoms with E-state index >= 15 is 0 Å². The van der Waals surface area contributed by atoms with Crippen molar-refractivity contribution >= 4 is 23.5 Å². The predicted octanol–water partition coefficient (Wildman–Crippen LogP) is 3.76. The number of aliphatic imine (C=N–C) groups is 1. The Balaban J connectivity index is 1.91. The first-order valence-corrected chi connectivity index (χ1v) is 10.4. The van der Waals surface area contributed by atoms with E-state index in [0.29, 0.717) is 0 Å². The molecule has 184 valence electrons. The molecule has 0 saturated heterocycles. The van der Waals surface area contributed by atoms with Gasteiger partial charge in [0.1, 0.15) is 35.6 Å². The average Bonchev–Trinajstić information content (AvgIpc) is 2.79. The number of anilines is 1. The lowest BCUT2D eigenvalue weighted by atomic mass is 9.90. The molecule has 1 aliphatic heterocycles. The zero-order chi connectivity index (χ0) is 25.8. The summed E-state index contributed by atoms with van der Waals surface area (Å²) in [4.78, 5) is 32.3. The lowest BCUT2D eigenvalue weighted by Gasteiger charge is -2.34. The summed E-state index contributed by atoms with van der Waals surface area (Å²) in [5.41, 5.74) is -3.67. The molecule has 2 aromatic rings. The molecule has 2 heterocycles. The maximum absolute atomic E-state index is 14.8. The average molecular weight is 489 g/mol. The Labute approximate surface area is 199 Å². The second-order valence-corrected chi connectivity index (χ2v) is 8.60. The van der Waals surface area contributed by atoms with Crippen LogP contribution in [0.5, 0.6) is 0 Å². The Morgan fingerprint density at radius 2 is 1.97 bits per heavy atom. The van der Waals surface area contributed by atoms with Gasteiger partial charge in [-0.15, -0.1) is 0 Å². The number of carbonyl (C=O) groups is 2. The summed E-state index contributed by atoms with van der Waals surface area (Å²) in [6, 6.07) is 7.68. The molecular formula is C23H22F3N5O4. The molecule has 0 spiro atoms. The molecular weight excluding hydrogens is 467 g/mol. The van der Waals surface area contributed by atoms with Crippen molar-refractivity contribution in [3.8, 4) is 6.07 Å². The number of ether oxygens (including phenoxy) is 2.